The molecule has 0 spiro atoms. The number of aromatic nitrogens is 3. The van der Waals surface area contributed by atoms with Crippen LogP contribution in [0.25, 0.3) is 0 Å². The Kier molecular flexibility index (Phi) is 4.93. The summed E-state index contributed by atoms with van der Waals surface area (Å²) in [5, 5.41) is 19.1. The number of nitrogens with one attached hydrogen (secondary N) is 1. The molecule has 2 N–H and O–H groups in total. The number of carbonyl (C=O) groups is 2. The van der Waals surface area contributed by atoms with Gasteiger partial charge in [-0.15, -0.1) is 5.10 Å². The Labute approximate surface area is 123 Å². The van der Waals surface area contributed by atoms with Crippen LogP contribution < -0.4 is 5.32 Å². The average molecular weight is 294 g/mol. The van der Waals surface area contributed by atoms with E-state index in [0.29, 0.717) is 5.69 Å². The highest BCUT2D eigenvalue weighted by Crippen LogP contribution is 2.34. The van der Waals surface area contributed by atoms with E-state index in [1.807, 2.05) is 6.92 Å². The molecule has 7 nitrogen and oxygen atoms in total. The minimum Gasteiger partial charge on any atom is -0.480 e. The fraction of sp³-hybridized carbons (Fsp3) is 0.714. The number of hydrogen-bond acceptors (Lipinski definition) is 4. The topological polar surface area (TPSA) is 97.1 Å². The standard InChI is InChI=1S/C14H22N4O3/c1-14(6-4-2-3-5-7-14)13(21)15-8-11-9-18(17-16-11)10-12(19)20/h9H,2-8,10H2,1H3,(H,15,21)(H,19,20). The lowest BCUT2D eigenvalue weighted by Crippen LogP contribution is -2.38. The van der Waals surface area contributed by atoms with Gasteiger partial charge in [0.15, 0.2) is 0 Å². The third-order valence-electron chi connectivity index (χ3n) is 4.07. The lowest BCUT2D eigenvalue weighted by molar-refractivity contribution is -0.138. The van der Waals surface area contributed by atoms with Gasteiger partial charge in [0.1, 0.15) is 12.2 Å². The molecule has 0 saturated heterocycles. The molecule has 0 atom stereocenters. The van der Waals surface area contributed by atoms with Crippen LogP contribution >= 0.6 is 0 Å². The maximum absolute atomic E-state index is 12.4. The number of rotatable bonds is 5. The van der Waals surface area contributed by atoms with E-state index in [9.17, 15) is 9.59 Å². The molecule has 1 heterocycles. The zero-order valence-electron chi connectivity index (χ0n) is 12.3. The quantitative estimate of drug-likeness (QED) is 0.799. The van der Waals surface area contributed by atoms with Crippen LogP contribution in [0.15, 0.2) is 6.20 Å². The second-order valence-corrected chi connectivity index (χ2v) is 5.96. The van der Waals surface area contributed by atoms with Crippen molar-refractivity contribution in [3.63, 3.8) is 0 Å². The molecule has 1 aliphatic rings. The summed E-state index contributed by atoms with van der Waals surface area (Å²) >= 11 is 0. The SMILES string of the molecule is CC1(C(=O)NCc2cn(CC(=O)O)nn2)CCCCCC1. The Balaban J connectivity index is 1.88. The molecule has 21 heavy (non-hydrogen) atoms. The van der Waals surface area contributed by atoms with Crippen LogP contribution in [0.4, 0.5) is 0 Å². The third-order valence-corrected chi connectivity index (χ3v) is 4.07. The van der Waals surface area contributed by atoms with Crippen molar-refractivity contribution < 1.29 is 14.7 Å². The summed E-state index contributed by atoms with van der Waals surface area (Å²) in [4.78, 5) is 22.9. The van der Waals surface area contributed by atoms with Gasteiger partial charge >= 0.3 is 5.97 Å². The monoisotopic (exact) mass is 294 g/mol. The molecule has 2 rings (SSSR count). The molecule has 1 aromatic heterocycles. The highest BCUT2D eigenvalue weighted by molar-refractivity contribution is 5.82. The molecule has 1 saturated carbocycles. The van der Waals surface area contributed by atoms with Gasteiger partial charge in [0, 0.05) is 5.41 Å². The lowest BCUT2D eigenvalue weighted by atomic mass is 9.81. The van der Waals surface area contributed by atoms with E-state index in [2.05, 4.69) is 15.6 Å². The number of carbonyl (C=O) groups excluding carboxylic acids is 1. The number of aliphatic carboxylic acids is 1. The summed E-state index contributed by atoms with van der Waals surface area (Å²) in [5.41, 5.74) is 0.273. The first-order valence-corrected chi connectivity index (χ1v) is 7.39. The fourth-order valence-electron chi connectivity index (χ4n) is 2.76. The molecule has 0 bridgehead atoms. The Hall–Kier alpha value is -1.92. The predicted molar refractivity (Wildman–Crippen MR) is 75.3 cm³/mol. The van der Waals surface area contributed by atoms with Crippen molar-refractivity contribution in [1.82, 2.24) is 20.3 Å². The van der Waals surface area contributed by atoms with E-state index >= 15 is 0 Å². The highest BCUT2D eigenvalue weighted by Gasteiger charge is 2.33. The van der Waals surface area contributed by atoms with Gasteiger partial charge in [0.25, 0.3) is 0 Å². The van der Waals surface area contributed by atoms with Gasteiger partial charge in [-0.3, -0.25) is 9.59 Å². The van der Waals surface area contributed by atoms with Gasteiger partial charge < -0.3 is 10.4 Å². The summed E-state index contributed by atoms with van der Waals surface area (Å²) in [6.45, 7) is 2.08. The maximum atomic E-state index is 12.4. The van der Waals surface area contributed by atoms with Crippen molar-refractivity contribution in [2.75, 3.05) is 0 Å². The first kappa shape index (κ1) is 15.5. The Morgan fingerprint density at radius 2 is 2.00 bits per heavy atom. The second-order valence-electron chi connectivity index (χ2n) is 5.96. The molecule has 0 radical (unpaired) electrons. The van der Waals surface area contributed by atoms with Crippen LogP contribution in [0.3, 0.4) is 0 Å². The smallest absolute Gasteiger partial charge is 0.325 e. The maximum Gasteiger partial charge on any atom is 0.325 e. The van der Waals surface area contributed by atoms with Crippen LogP contribution in [0.2, 0.25) is 0 Å². The fourth-order valence-corrected chi connectivity index (χ4v) is 2.76. The van der Waals surface area contributed by atoms with Crippen LogP contribution in [-0.4, -0.2) is 32.0 Å². The normalized spacial score (nSPS) is 18.0. The van der Waals surface area contributed by atoms with Crippen molar-refractivity contribution in [2.45, 2.75) is 58.5 Å². The van der Waals surface area contributed by atoms with Crippen LogP contribution in [0.5, 0.6) is 0 Å². The molecule has 1 fully saturated rings. The zero-order valence-corrected chi connectivity index (χ0v) is 12.3. The summed E-state index contributed by atoms with van der Waals surface area (Å²) in [7, 11) is 0. The van der Waals surface area contributed by atoms with Gasteiger partial charge in [0.05, 0.1) is 12.7 Å². The van der Waals surface area contributed by atoms with Crippen LogP contribution in [-0.2, 0) is 22.7 Å². The lowest BCUT2D eigenvalue weighted by Gasteiger charge is -2.26. The summed E-state index contributed by atoms with van der Waals surface area (Å²) in [6, 6.07) is 0. The van der Waals surface area contributed by atoms with E-state index in [1.165, 1.54) is 17.5 Å². The number of nitrogens with zero attached hydrogens (tertiary/aromatic N) is 3. The first-order chi connectivity index (χ1) is 9.99. The molecule has 0 aliphatic heterocycles. The molecule has 7 heteroatoms. The highest BCUT2D eigenvalue weighted by atomic mass is 16.4. The van der Waals surface area contributed by atoms with Crippen molar-refractivity contribution in [2.24, 2.45) is 5.41 Å². The van der Waals surface area contributed by atoms with E-state index in [4.69, 9.17) is 5.11 Å². The second kappa shape index (κ2) is 6.69. The van der Waals surface area contributed by atoms with E-state index in [0.717, 1.165) is 25.7 Å². The number of amides is 1. The van der Waals surface area contributed by atoms with Crippen molar-refractivity contribution >= 4 is 11.9 Å². The van der Waals surface area contributed by atoms with Crippen molar-refractivity contribution in [3.05, 3.63) is 11.9 Å². The predicted octanol–water partition coefficient (Wildman–Crippen LogP) is 1.34. The van der Waals surface area contributed by atoms with E-state index < -0.39 is 5.97 Å². The number of hydrogen-bond donors (Lipinski definition) is 2. The molecular formula is C14H22N4O3. The third kappa shape index (κ3) is 4.27. The van der Waals surface area contributed by atoms with Gasteiger partial charge in [-0.1, -0.05) is 37.8 Å². The summed E-state index contributed by atoms with van der Waals surface area (Å²) in [5.74, 6) is -0.918. The average Bonchev–Trinajstić information content (AvgIpc) is 2.74. The first-order valence-electron chi connectivity index (χ1n) is 7.39. The van der Waals surface area contributed by atoms with E-state index in [-0.39, 0.29) is 24.4 Å². The van der Waals surface area contributed by atoms with Gasteiger partial charge in [-0.05, 0) is 12.8 Å². The molecule has 116 valence electrons. The number of carboxylic acid groups (broad SMARTS) is 1. The summed E-state index contributed by atoms with van der Waals surface area (Å²) in [6.07, 6.45) is 7.98. The molecule has 0 unspecified atom stereocenters. The Morgan fingerprint density at radius 3 is 2.62 bits per heavy atom. The Bertz CT molecular complexity index is 504. The zero-order chi connectivity index (χ0) is 15.3. The Morgan fingerprint density at radius 1 is 1.33 bits per heavy atom. The van der Waals surface area contributed by atoms with E-state index in [1.54, 1.807) is 6.20 Å². The molecule has 0 aromatic carbocycles. The molecule has 1 amide bonds. The van der Waals surface area contributed by atoms with Crippen LogP contribution in [0, 0.1) is 5.41 Å². The molecule has 1 aromatic rings. The minimum atomic E-state index is -0.971. The number of carboxylic acids is 1. The van der Waals surface area contributed by atoms with Crippen LogP contribution in [0.1, 0.15) is 51.1 Å². The largest absolute Gasteiger partial charge is 0.480 e. The van der Waals surface area contributed by atoms with Gasteiger partial charge in [-0.2, -0.15) is 0 Å². The molecular weight excluding hydrogens is 272 g/mol. The van der Waals surface area contributed by atoms with Gasteiger partial charge in [-0.25, -0.2) is 4.68 Å². The van der Waals surface area contributed by atoms with Crippen molar-refractivity contribution in [3.8, 4) is 0 Å². The summed E-state index contributed by atoms with van der Waals surface area (Å²) < 4.78 is 1.25. The molecule has 1 aliphatic carbocycles. The minimum absolute atomic E-state index is 0.0529. The van der Waals surface area contributed by atoms with Gasteiger partial charge in [0.2, 0.25) is 5.91 Å². The van der Waals surface area contributed by atoms with Crippen molar-refractivity contribution in [1.29, 1.82) is 0 Å².